The van der Waals surface area contributed by atoms with Crippen LogP contribution < -0.4 is 5.32 Å². The number of nitrogens with zero attached hydrogens (tertiary/aromatic N) is 1. The maximum atomic E-state index is 10.8. The number of amides is 1. The van der Waals surface area contributed by atoms with Gasteiger partial charge in [-0.2, -0.15) is 0 Å². The van der Waals surface area contributed by atoms with Crippen LogP contribution >= 0.6 is 0 Å². The van der Waals surface area contributed by atoms with Gasteiger partial charge in [0.1, 0.15) is 0 Å². The van der Waals surface area contributed by atoms with Crippen LogP contribution in [-0.2, 0) is 4.74 Å². The van der Waals surface area contributed by atoms with Gasteiger partial charge in [0.25, 0.3) is 0 Å². The fraction of sp³-hybridized carbons (Fsp3) is 0.750. The van der Waals surface area contributed by atoms with E-state index in [0.717, 1.165) is 13.1 Å². The Morgan fingerprint density at radius 3 is 2.54 bits per heavy atom. The van der Waals surface area contributed by atoms with Gasteiger partial charge in [0.2, 0.25) is 0 Å². The van der Waals surface area contributed by atoms with Crippen molar-refractivity contribution in [3.8, 4) is 0 Å². The topological polar surface area (TPSA) is 65.4 Å². The molecule has 0 rings (SSSR count). The van der Waals surface area contributed by atoms with Crippen LogP contribution in [0, 0.1) is 5.41 Å². The Balaban J connectivity index is 3.89. The summed E-state index contributed by atoms with van der Waals surface area (Å²) in [5.74, 6) is 0. The van der Waals surface area contributed by atoms with Gasteiger partial charge in [0.15, 0.2) is 12.6 Å². The van der Waals surface area contributed by atoms with Crippen molar-refractivity contribution < 1.29 is 9.53 Å². The van der Waals surface area contributed by atoms with E-state index in [-0.39, 0.29) is 6.23 Å². The molecule has 0 spiro atoms. The molecule has 75 valence electrons. The van der Waals surface area contributed by atoms with E-state index in [2.05, 4.69) is 0 Å². The third-order valence-electron chi connectivity index (χ3n) is 1.77. The van der Waals surface area contributed by atoms with Crippen LogP contribution in [0.1, 0.15) is 20.8 Å². The fourth-order valence-corrected chi connectivity index (χ4v) is 1.05. The van der Waals surface area contributed by atoms with E-state index < -0.39 is 6.09 Å². The van der Waals surface area contributed by atoms with Crippen molar-refractivity contribution in [1.82, 2.24) is 10.2 Å². The fourth-order valence-electron chi connectivity index (χ4n) is 1.05. The predicted molar refractivity (Wildman–Crippen MR) is 49.7 cm³/mol. The molecule has 5 heteroatoms. The first kappa shape index (κ1) is 11.9. The Kier molecular flexibility index (Phi) is 5.88. The van der Waals surface area contributed by atoms with Crippen molar-refractivity contribution in [3.63, 3.8) is 0 Å². The summed E-state index contributed by atoms with van der Waals surface area (Å²) in [6, 6.07) is 0. The van der Waals surface area contributed by atoms with E-state index in [9.17, 15) is 4.79 Å². The molecule has 1 atom stereocenters. The molecular formula is C8H16N3O2. The van der Waals surface area contributed by atoms with Crippen molar-refractivity contribution in [2.75, 3.05) is 13.1 Å². The van der Waals surface area contributed by atoms with Crippen molar-refractivity contribution in [2.24, 2.45) is 0 Å². The molecule has 1 amide bonds. The molecule has 1 radical (unpaired) electrons. The van der Waals surface area contributed by atoms with E-state index in [1.54, 1.807) is 13.3 Å². The van der Waals surface area contributed by atoms with Gasteiger partial charge < -0.3 is 4.74 Å². The molecule has 0 aromatic heterocycles. The van der Waals surface area contributed by atoms with E-state index in [1.807, 2.05) is 24.1 Å². The number of carbonyl (C=O) groups excluding carboxylic acids is 1. The summed E-state index contributed by atoms with van der Waals surface area (Å²) in [6.07, 6.45) is 0.836. The summed E-state index contributed by atoms with van der Waals surface area (Å²) < 4.78 is 4.93. The van der Waals surface area contributed by atoms with Gasteiger partial charge in [-0.25, -0.2) is 4.79 Å². The molecule has 0 fully saturated rings. The number of alkyl carbamates (subject to hydrolysis) is 1. The highest BCUT2D eigenvalue weighted by molar-refractivity contribution is 5.80. The summed E-state index contributed by atoms with van der Waals surface area (Å²) in [5, 5.41) is 8.51. The Labute approximate surface area is 78.6 Å². The highest BCUT2D eigenvalue weighted by Crippen LogP contribution is 1.99. The maximum absolute atomic E-state index is 10.8. The van der Waals surface area contributed by atoms with E-state index in [0.29, 0.717) is 0 Å². The third kappa shape index (κ3) is 4.47. The Bertz CT molecular complexity index is 169. The maximum Gasteiger partial charge on any atom is 0.414 e. The zero-order chi connectivity index (χ0) is 10.3. The summed E-state index contributed by atoms with van der Waals surface area (Å²) in [6.45, 7) is 7.41. The van der Waals surface area contributed by atoms with Gasteiger partial charge in [0, 0.05) is 0 Å². The molecule has 2 N–H and O–H groups in total. The van der Waals surface area contributed by atoms with Crippen LogP contribution in [0.4, 0.5) is 4.79 Å². The smallest absolute Gasteiger partial charge is 0.414 e. The normalized spacial score (nSPS) is 12.3. The minimum atomic E-state index is -0.644. The van der Waals surface area contributed by atoms with Gasteiger partial charge in [-0.1, -0.05) is 13.8 Å². The van der Waals surface area contributed by atoms with Crippen molar-refractivity contribution in [1.29, 1.82) is 5.41 Å². The Morgan fingerprint density at radius 1 is 1.62 bits per heavy atom. The predicted octanol–water partition coefficient (Wildman–Crippen LogP) is 0.884. The van der Waals surface area contributed by atoms with Crippen LogP contribution in [-0.4, -0.2) is 36.6 Å². The van der Waals surface area contributed by atoms with E-state index in [1.165, 1.54) is 0 Å². The molecule has 0 bridgehead atoms. The summed E-state index contributed by atoms with van der Waals surface area (Å²) in [4.78, 5) is 12.8. The number of hydrogen-bond acceptors (Lipinski definition) is 4. The number of nitrogens with one attached hydrogen (secondary N) is 2. The SMILES string of the molecule is CCN(CC)C(C)OC(=O)N[C]=N. The van der Waals surface area contributed by atoms with Gasteiger partial charge >= 0.3 is 6.09 Å². The molecule has 0 heterocycles. The zero-order valence-electron chi connectivity index (χ0n) is 8.26. The van der Waals surface area contributed by atoms with Crippen LogP contribution in [0.3, 0.4) is 0 Å². The monoisotopic (exact) mass is 186 g/mol. The lowest BCUT2D eigenvalue weighted by molar-refractivity contribution is 0.00693. The largest absolute Gasteiger partial charge is 0.430 e. The Hall–Kier alpha value is -1.10. The molecule has 0 aliphatic carbocycles. The highest BCUT2D eigenvalue weighted by atomic mass is 16.6. The van der Waals surface area contributed by atoms with Crippen LogP contribution in [0.25, 0.3) is 0 Å². The van der Waals surface area contributed by atoms with E-state index >= 15 is 0 Å². The number of ether oxygens (including phenoxy) is 1. The Morgan fingerprint density at radius 2 is 2.15 bits per heavy atom. The molecule has 1 unspecified atom stereocenters. The van der Waals surface area contributed by atoms with Gasteiger partial charge in [-0.3, -0.25) is 15.6 Å². The number of rotatable bonds is 5. The first-order valence-corrected chi connectivity index (χ1v) is 4.28. The third-order valence-corrected chi connectivity index (χ3v) is 1.77. The van der Waals surface area contributed by atoms with Crippen molar-refractivity contribution in [2.45, 2.75) is 27.0 Å². The molecule has 0 saturated carbocycles. The quantitative estimate of drug-likeness (QED) is 0.290. The molecule has 0 aromatic carbocycles. The minimum absolute atomic E-state index is 0.275. The second-order valence-electron chi connectivity index (χ2n) is 2.48. The summed E-state index contributed by atoms with van der Waals surface area (Å²) in [5.41, 5.74) is 0. The van der Waals surface area contributed by atoms with Crippen LogP contribution in [0.2, 0.25) is 0 Å². The molecule has 0 saturated heterocycles. The minimum Gasteiger partial charge on any atom is -0.430 e. The van der Waals surface area contributed by atoms with Gasteiger partial charge in [-0.15, -0.1) is 0 Å². The van der Waals surface area contributed by atoms with Gasteiger partial charge in [0.05, 0.1) is 0 Å². The molecule has 0 aromatic rings. The lowest BCUT2D eigenvalue weighted by Crippen LogP contribution is -2.38. The lowest BCUT2D eigenvalue weighted by Gasteiger charge is -2.25. The first-order chi connectivity index (χ1) is 6.15. The highest BCUT2D eigenvalue weighted by Gasteiger charge is 2.13. The average Bonchev–Trinajstić information content (AvgIpc) is 2.06. The second-order valence-corrected chi connectivity index (χ2v) is 2.48. The molecular weight excluding hydrogens is 170 g/mol. The molecule has 5 nitrogen and oxygen atoms in total. The van der Waals surface area contributed by atoms with Crippen molar-refractivity contribution >= 4 is 12.4 Å². The summed E-state index contributed by atoms with van der Waals surface area (Å²) >= 11 is 0. The number of hydrogen-bond donors (Lipinski definition) is 2. The molecule has 13 heavy (non-hydrogen) atoms. The second kappa shape index (κ2) is 6.42. The van der Waals surface area contributed by atoms with Gasteiger partial charge in [-0.05, 0) is 20.0 Å². The zero-order valence-corrected chi connectivity index (χ0v) is 8.26. The van der Waals surface area contributed by atoms with Crippen molar-refractivity contribution in [3.05, 3.63) is 0 Å². The standard InChI is InChI=1S/C8H16N3O2/c1-4-11(5-2)7(3)13-8(12)10-6-9/h7H,4-5H2,1-3H3,(H2,9,10,12). The first-order valence-electron chi connectivity index (χ1n) is 4.28. The average molecular weight is 186 g/mol. The summed E-state index contributed by atoms with van der Waals surface area (Å²) in [7, 11) is 0. The molecule has 0 aliphatic rings. The van der Waals surface area contributed by atoms with Crippen LogP contribution in [0.5, 0.6) is 0 Å². The molecule has 0 aliphatic heterocycles. The lowest BCUT2D eigenvalue weighted by atomic mass is 10.4. The number of carbonyl (C=O) groups is 1. The van der Waals surface area contributed by atoms with E-state index in [4.69, 9.17) is 10.1 Å². The van der Waals surface area contributed by atoms with Crippen LogP contribution in [0.15, 0.2) is 0 Å².